The number of nitrogens with one attached hydrogen (secondary N) is 2. The molecule has 0 aliphatic heterocycles. The maximum absolute atomic E-state index is 10.6. The van der Waals surface area contributed by atoms with Gasteiger partial charge in [0.25, 0.3) is 17.3 Å². The smallest absolute Gasteiger partial charge is 0.300 e. The molecule has 1 rings (SSSR count). The number of carboxylic acids is 1. The number of guanidine groups is 1. The molecular formula is C10H16N6O8. The molecule has 0 saturated heterocycles. The lowest BCUT2D eigenvalue weighted by Crippen LogP contribution is -2.25. The zero-order valence-electron chi connectivity index (χ0n) is 12.2. The summed E-state index contributed by atoms with van der Waals surface area (Å²) in [5.41, 5.74) is 6.33. The molecule has 0 radical (unpaired) electrons. The van der Waals surface area contributed by atoms with E-state index in [1.165, 1.54) is 0 Å². The molecule has 0 atom stereocenters. The van der Waals surface area contributed by atoms with Gasteiger partial charge in [-0.15, -0.1) is 0 Å². The summed E-state index contributed by atoms with van der Waals surface area (Å²) in [6.45, 7) is 1.08. The van der Waals surface area contributed by atoms with E-state index in [-0.39, 0.29) is 16.5 Å². The van der Waals surface area contributed by atoms with E-state index < -0.39 is 33.2 Å². The average Bonchev–Trinajstić information content (AvgIpc) is 2.37. The van der Waals surface area contributed by atoms with Gasteiger partial charge >= 0.3 is 0 Å². The van der Waals surface area contributed by atoms with Crippen molar-refractivity contribution in [2.45, 2.75) is 6.92 Å². The second kappa shape index (κ2) is 12.0. The lowest BCUT2D eigenvalue weighted by molar-refractivity contribution is -0.394. The van der Waals surface area contributed by atoms with Crippen LogP contribution in [-0.2, 0) is 4.79 Å². The molecule has 0 saturated carbocycles. The predicted octanol–water partition coefficient (Wildman–Crippen LogP) is -1.24. The lowest BCUT2D eigenvalue weighted by atomic mass is 10.2. The summed E-state index contributed by atoms with van der Waals surface area (Å²) < 4.78 is 0. The van der Waals surface area contributed by atoms with Crippen LogP contribution >= 0.6 is 0 Å². The summed E-state index contributed by atoms with van der Waals surface area (Å²) in [7, 11) is 0. The van der Waals surface area contributed by atoms with Gasteiger partial charge in [-0.05, 0) is 0 Å². The summed E-state index contributed by atoms with van der Waals surface area (Å²) in [5.74, 6) is -1.26. The van der Waals surface area contributed by atoms with Crippen molar-refractivity contribution in [1.29, 1.82) is 5.41 Å². The fourth-order valence-corrected chi connectivity index (χ4v) is 1.08. The van der Waals surface area contributed by atoms with Gasteiger partial charge in [0.2, 0.25) is 5.96 Å². The first-order valence-corrected chi connectivity index (χ1v) is 5.40. The Hall–Kier alpha value is -3.65. The minimum atomic E-state index is -0.833. The number of hydrazone groups is 1. The molecule has 134 valence electrons. The second-order valence-electron chi connectivity index (χ2n) is 3.60. The Morgan fingerprint density at radius 3 is 1.92 bits per heavy atom. The number of aliphatic carboxylic acids is 1. The number of nitro groups is 2. The molecule has 0 bridgehead atoms. The van der Waals surface area contributed by atoms with E-state index in [0.29, 0.717) is 0 Å². The molecule has 0 aromatic heterocycles. The first-order valence-electron chi connectivity index (χ1n) is 5.40. The van der Waals surface area contributed by atoms with Crippen molar-refractivity contribution in [3.8, 4) is 0 Å². The second-order valence-corrected chi connectivity index (χ2v) is 3.60. The highest BCUT2D eigenvalue weighted by Gasteiger charge is 2.15. The minimum absolute atomic E-state index is 0. The Balaban J connectivity index is -0.000000661. The third-order valence-electron chi connectivity index (χ3n) is 1.75. The minimum Gasteiger partial charge on any atom is -0.481 e. The highest BCUT2D eigenvalue weighted by molar-refractivity contribution is 5.83. The molecule has 0 fully saturated rings. The fraction of sp³-hybridized carbons (Fsp3) is 0.100. The average molecular weight is 348 g/mol. The number of nitro benzene ring substituents is 2. The third kappa shape index (κ3) is 11.1. The van der Waals surface area contributed by atoms with Crippen molar-refractivity contribution in [3.05, 3.63) is 44.0 Å². The number of carboxylic acid groups (broad SMARTS) is 1. The first kappa shape index (κ1) is 25.3. The van der Waals surface area contributed by atoms with Crippen molar-refractivity contribution in [2.75, 3.05) is 0 Å². The Kier molecular flexibility index (Phi) is 12.6. The number of nitrogens with two attached hydrogens (primary N) is 1. The van der Waals surface area contributed by atoms with Crippen LogP contribution in [0.1, 0.15) is 12.5 Å². The summed E-state index contributed by atoms with van der Waals surface area (Å²) in [6.07, 6.45) is 1.08. The maximum Gasteiger partial charge on any atom is 0.300 e. The van der Waals surface area contributed by atoms with E-state index in [4.69, 9.17) is 21.0 Å². The van der Waals surface area contributed by atoms with Gasteiger partial charge in [-0.2, -0.15) is 5.10 Å². The Bertz CT molecular complexity index is 596. The molecule has 14 nitrogen and oxygen atoms in total. The summed E-state index contributed by atoms with van der Waals surface area (Å²) in [6, 6.07) is 3.06. The van der Waals surface area contributed by atoms with Gasteiger partial charge in [-0.3, -0.25) is 30.4 Å². The van der Waals surface area contributed by atoms with Gasteiger partial charge in [-0.1, -0.05) is 0 Å². The number of hydrogen-bond acceptors (Lipinski definition) is 7. The Labute approximate surface area is 134 Å². The normalized spacial score (nSPS) is 8.71. The lowest BCUT2D eigenvalue weighted by Gasteiger charge is -1.97. The standard InChI is InChI=1S/C8H8N6O4.C2H4O2.2H2O/c9-8(10)12-11-4-5-1-6(13(15)16)3-7(2-5)14(17)18;1-2(3)4;;/h1-4H,(H4,9,10,12);1H3,(H,3,4);2*1H2. The SMILES string of the molecule is CC(=O)O.N=C(N)NN=Cc1cc([N+](=O)[O-])cc([N+](=O)[O-])c1.O.O. The van der Waals surface area contributed by atoms with Crippen LogP contribution in [0.15, 0.2) is 23.3 Å². The number of rotatable bonds is 4. The molecule has 1 aromatic carbocycles. The molecule has 9 N–H and O–H groups in total. The molecule has 24 heavy (non-hydrogen) atoms. The first-order chi connectivity index (χ1) is 10.1. The Morgan fingerprint density at radius 1 is 1.25 bits per heavy atom. The molecule has 0 aliphatic rings. The molecular weight excluding hydrogens is 332 g/mol. The maximum atomic E-state index is 10.6. The van der Waals surface area contributed by atoms with Crippen LogP contribution in [0.2, 0.25) is 0 Å². The van der Waals surface area contributed by atoms with Crippen LogP contribution in [0.25, 0.3) is 0 Å². The van der Waals surface area contributed by atoms with Gasteiger partial charge < -0.3 is 21.8 Å². The molecule has 14 heteroatoms. The largest absolute Gasteiger partial charge is 0.481 e. The van der Waals surface area contributed by atoms with Crippen LogP contribution in [-0.4, -0.2) is 44.0 Å². The van der Waals surface area contributed by atoms with E-state index in [1.807, 2.05) is 0 Å². The van der Waals surface area contributed by atoms with Crippen LogP contribution in [0.3, 0.4) is 0 Å². The van der Waals surface area contributed by atoms with Crippen LogP contribution < -0.4 is 11.2 Å². The van der Waals surface area contributed by atoms with Crippen molar-refractivity contribution in [1.82, 2.24) is 5.43 Å². The molecule has 0 heterocycles. The van der Waals surface area contributed by atoms with Gasteiger partial charge in [0.1, 0.15) is 0 Å². The molecule has 0 spiro atoms. The van der Waals surface area contributed by atoms with E-state index in [1.54, 1.807) is 0 Å². The molecule has 0 aliphatic carbocycles. The highest BCUT2D eigenvalue weighted by atomic mass is 16.6. The van der Waals surface area contributed by atoms with Crippen LogP contribution in [0, 0.1) is 25.6 Å². The van der Waals surface area contributed by atoms with Gasteiger partial charge in [0.05, 0.1) is 22.1 Å². The molecule has 0 amide bonds. The molecule has 0 unspecified atom stereocenters. The third-order valence-corrected chi connectivity index (χ3v) is 1.75. The summed E-state index contributed by atoms with van der Waals surface area (Å²) in [5, 5.41) is 38.9. The summed E-state index contributed by atoms with van der Waals surface area (Å²) >= 11 is 0. The van der Waals surface area contributed by atoms with E-state index >= 15 is 0 Å². The topological polar surface area (TPSA) is 261 Å². The zero-order chi connectivity index (χ0) is 17.3. The highest BCUT2D eigenvalue weighted by Crippen LogP contribution is 2.21. The monoisotopic (exact) mass is 348 g/mol. The van der Waals surface area contributed by atoms with Crippen molar-refractivity contribution < 1.29 is 30.7 Å². The Morgan fingerprint density at radius 2 is 1.62 bits per heavy atom. The number of nitrogens with zero attached hydrogens (tertiary/aromatic N) is 3. The van der Waals surface area contributed by atoms with Gasteiger partial charge in [0.15, 0.2) is 0 Å². The number of hydrogen-bond donors (Lipinski definition) is 4. The van der Waals surface area contributed by atoms with E-state index in [2.05, 4.69) is 10.5 Å². The van der Waals surface area contributed by atoms with E-state index in [0.717, 1.165) is 31.3 Å². The number of non-ortho nitro benzene ring substituents is 2. The molecule has 1 aromatic rings. The van der Waals surface area contributed by atoms with Gasteiger partial charge in [0, 0.05) is 24.6 Å². The van der Waals surface area contributed by atoms with Crippen LogP contribution in [0.4, 0.5) is 11.4 Å². The zero-order valence-corrected chi connectivity index (χ0v) is 12.2. The van der Waals surface area contributed by atoms with Crippen molar-refractivity contribution in [3.63, 3.8) is 0 Å². The van der Waals surface area contributed by atoms with Gasteiger partial charge in [-0.25, -0.2) is 5.43 Å². The quantitative estimate of drug-likeness (QED) is 0.220. The summed E-state index contributed by atoms with van der Waals surface area (Å²) in [4.78, 5) is 28.7. The fourth-order valence-electron chi connectivity index (χ4n) is 1.08. The van der Waals surface area contributed by atoms with Crippen molar-refractivity contribution in [2.24, 2.45) is 10.8 Å². The van der Waals surface area contributed by atoms with E-state index in [9.17, 15) is 20.2 Å². The van der Waals surface area contributed by atoms with Crippen molar-refractivity contribution >= 4 is 29.5 Å². The number of benzene rings is 1. The predicted molar refractivity (Wildman–Crippen MR) is 82.9 cm³/mol. The number of carbonyl (C=O) groups is 1. The van der Waals surface area contributed by atoms with Crippen LogP contribution in [0.5, 0.6) is 0 Å².